The third-order valence-electron chi connectivity index (χ3n) is 1.33. The van der Waals surface area contributed by atoms with E-state index < -0.39 is 17.9 Å². The average Bonchev–Trinajstić information content (AvgIpc) is 2.01. The highest BCUT2D eigenvalue weighted by Crippen LogP contribution is 2.23. The Morgan fingerprint density at radius 2 is 1.87 bits per heavy atom. The smallest absolute Gasteiger partial charge is 0.412 e. The van der Waals surface area contributed by atoms with Gasteiger partial charge in [-0.1, -0.05) is 0 Å². The van der Waals surface area contributed by atoms with Crippen molar-refractivity contribution in [2.24, 2.45) is 0 Å². The van der Waals surface area contributed by atoms with Crippen molar-refractivity contribution in [3.8, 4) is 5.75 Å². The highest BCUT2D eigenvalue weighted by Gasteiger charge is 2.31. The van der Waals surface area contributed by atoms with Crippen LogP contribution in [0.15, 0.2) is 18.2 Å². The van der Waals surface area contributed by atoms with Gasteiger partial charge in [0.15, 0.2) is 6.29 Å². The van der Waals surface area contributed by atoms with E-state index in [0.29, 0.717) is 6.07 Å². The lowest BCUT2D eigenvalue weighted by atomic mass is 10.2. The van der Waals surface area contributed by atoms with Crippen molar-refractivity contribution in [3.05, 3.63) is 29.6 Å². The number of hydrogen-bond acceptors (Lipinski definition) is 2. The molecule has 1 rings (SSSR count). The van der Waals surface area contributed by atoms with Gasteiger partial charge in [-0.05, 0) is 12.1 Å². The van der Waals surface area contributed by atoms with Crippen LogP contribution in [0.5, 0.6) is 5.75 Å². The van der Waals surface area contributed by atoms with E-state index in [0.717, 1.165) is 12.1 Å². The molecule has 0 aliphatic heterocycles. The first kappa shape index (κ1) is 13.4. The van der Waals surface area contributed by atoms with Crippen molar-refractivity contribution >= 4 is 6.29 Å². The van der Waals surface area contributed by atoms with E-state index in [4.69, 9.17) is 0 Å². The Kier molecular flexibility index (Phi) is 4.22. The second-order valence-corrected chi connectivity index (χ2v) is 2.35. The molecule has 15 heavy (non-hydrogen) atoms. The summed E-state index contributed by atoms with van der Waals surface area (Å²) in [6.07, 6.45) is -4.66. The number of halogens is 4. The summed E-state index contributed by atoms with van der Waals surface area (Å²) in [6.45, 7) is 0. The molecule has 0 saturated heterocycles. The molecule has 0 unspecified atom stereocenters. The van der Waals surface area contributed by atoms with Gasteiger partial charge in [0.2, 0.25) is 0 Å². The summed E-state index contributed by atoms with van der Waals surface area (Å²) in [7, 11) is 0. The molecule has 1 aromatic carbocycles. The van der Waals surface area contributed by atoms with Crippen molar-refractivity contribution < 1.29 is 32.6 Å². The van der Waals surface area contributed by atoms with Crippen molar-refractivity contribution in [3.63, 3.8) is 0 Å². The van der Waals surface area contributed by atoms with Gasteiger partial charge in [-0.15, -0.1) is 13.2 Å². The highest BCUT2D eigenvalue weighted by molar-refractivity contribution is 5.75. The van der Waals surface area contributed by atoms with E-state index >= 15 is 0 Å². The second-order valence-electron chi connectivity index (χ2n) is 2.35. The number of benzene rings is 1. The van der Waals surface area contributed by atoms with Gasteiger partial charge in [0.1, 0.15) is 11.6 Å². The standard InChI is InChI=1S/C8H4F4O2.H2O/c9-7-3-6(14-8(10,11)12)2-1-5(7)4-13;/h1-4H;1H2. The molecule has 0 aliphatic rings. The fraction of sp³-hybridized carbons (Fsp3) is 0.125. The zero-order valence-corrected chi connectivity index (χ0v) is 7.14. The fourth-order valence-electron chi connectivity index (χ4n) is 0.801. The Bertz CT molecular complexity index is 348. The summed E-state index contributed by atoms with van der Waals surface area (Å²) >= 11 is 0. The van der Waals surface area contributed by atoms with E-state index in [1.54, 1.807) is 0 Å². The van der Waals surface area contributed by atoms with Crippen molar-refractivity contribution in [1.82, 2.24) is 0 Å². The van der Waals surface area contributed by atoms with E-state index in [9.17, 15) is 22.4 Å². The van der Waals surface area contributed by atoms with Crippen LogP contribution in [0.4, 0.5) is 17.6 Å². The molecule has 2 N–H and O–H groups in total. The number of aldehydes is 1. The quantitative estimate of drug-likeness (QED) is 0.569. The largest absolute Gasteiger partial charge is 0.573 e. The zero-order chi connectivity index (χ0) is 10.8. The maximum absolute atomic E-state index is 12.7. The van der Waals surface area contributed by atoms with Crippen LogP contribution < -0.4 is 4.74 Å². The molecular formula is C8H6F4O3. The van der Waals surface area contributed by atoms with Crippen LogP contribution in [0.1, 0.15) is 10.4 Å². The minimum atomic E-state index is -4.87. The first-order valence-corrected chi connectivity index (χ1v) is 3.43. The third kappa shape index (κ3) is 3.94. The molecule has 84 valence electrons. The SMILES string of the molecule is O.O=Cc1ccc(OC(F)(F)F)cc1F. The lowest BCUT2D eigenvalue weighted by Crippen LogP contribution is -2.17. The number of ether oxygens (including phenoxy) is 1. The fourth-order valence-corrected chi connectivity index (χ4v) is 0.801. The molecule has 0 amide bonds. The van der Waals surface area contributed by atoms with Crippen LogP contribution in [-0.4, -0.2) is 18.1 Å². The van der Waals surface area contributed by atoms with Crippen LogP contribution in [0.3, 0.4) is 0 Å². The molecule has 0 fully saturated rings. The van der Waals surface area contributed by atoms with Gasteiger partial charge in [0.05, 0.1) is 5.56 Å². The van der Waals surface area contributed by atoms with Crippen molar-refractivity contribution in [1.29, 1.82) is 0 Å². The molecule has 0 bridgehead atoms. The van der Waals surface area contributed by atoms with Gasteiger partial charge < -0.3 is 10.2 Å². The molecule has 0 aliphatic carbocycles. The third-order valence-corrected chi connectivity index (χ3v) is 1.33. The molecule has 0 atom stereocenters. The maximum atomic E-state index is 12.7. The minimum absolute atomic E-state index is 0. The van der Waals surface area contributed by atoms with E-state index in [-0.39, 0.29) is 17.3 Å². The van der Waals surface area contributed by atoms with Gasteiger partial charge in [-0.3, -0.25) is 4.79 Å². The maximum Gasteiger partial charge on any atom is 0.573 e. The second kappa shape index (κ2) is 4.74. The number of alkyl halides is 3. The molecule has 7 heteroatoms. The molecule has 0 spiro atoms. The summed E-state index contributed by atoms with van der Waals surface area (Å²) in [5.41, 5.74) is -0.320. The molecular weight excluding hydrogens is 220 g/mol. The summed E-state index contributed by atoms with van der Waals surface area (Å²) < 4.78 is 51.1. The van der Waals surface area contributed by atoms with Gasteiger partial charge in [-0.2, -0.15) is 0 Å². The molecule has 0 radical (unpaired) electrons. The average molecular weight is 226 g/mol. The Morgan fingerprint density at radius 3 is 2.27 bits per heavy atom. The Hall–Kier alpha value is -1.63. The van der Waals surface area contributed by atoms with E-state index in [2.05, 4.69) is 4.74 Å². The summed E-state index contributed by atoms with van der Waals surface area (Å²) in [4.78, 5) is 10.1. The van der Waals surface area contributed by atoms with Crippen LogP contribution in [0.25, 0.3) is 0 Å². The van der Waals surface area contributed by atoms with Crippen LogP contribution in [0, 0.1) is 5.82 Å². The van der Waals surface area contributed by atoms with Crippen LogP contribution >= 0.6 is 0 Å². The molecule has 0 aromatic heterocycles. The number of rotatable bonds is 2. The first-order valence-electron chi connectivity index (χ1n) is 3.43. The predicted octanol–water partition coefficient (Wildman–Crippen LogP) is 1.71. The molecule has 3 nitrogen and oxygen atoms in total. The van der Waals surface area contributed by atoms with Crippen molar-refractivity contribution in [2.75, 3.05) is 0 Å². The molecule has 0 saturated carbocycles. The van der Waals surface area contributed by atoms with Crippen LogP contribution in [-0.2, 0) is 0 Å². The molecule has 1 aromatic rings. The zero-order valence-electron chi connectivity index (χ0n) is 7.14. The predicted molar refractivity (Wildman–Crippen MR) is 42.1 cm³/mol. The van der Waals surface area contributed by atoms with Crippen LogP contribution in [0.2, 0.25) is 0 Å². The number of carbonyl (C=O) groups excluding carboxylic acids is 1. The van der Waals surface area contributed by atoms with E-state index in [1.165, 1.54) is 0 Å². The first-order chi connectivity index (χ1) is 6.42. The number of carbonyl (C=O) groups is 1. The lowest BCUT2D eigenvalue weighted by molar-refractivity contribution is -0.274. The van der Waals surface area contributed by atoms with Gasteiger partial charge in [0.25, 0.3) is 0 Å². The topological polar surface area (TPSA) is 57.8 Å². The Morgan fingerprint density at radius 1 is 1.27 bits per heavy atom. The minimum Gasteiger partial charge on any atom is -0.412 e. The van der Waals surface area contributed by atoms with Gasteiger partial charge in [-0.25, -0.2) is 4.39 Å². The van der Waals surface area contributed by atoms with Gasteiger partial charge >= 0.3 is 6.36 Å². The summed E-state index contributed by atoms with van der Waals surface area (Å²) in [6, 6.07) is 2.26. The summed E-state index contributed by atoms with van der Waals surface area (Å²) in [5, 5.41) is 0. The monoisotopic (exact) mass is 226 g/mol. The Labute approximate surface area is 81.6 Å². The normalized spacial score (nSPS) is 10.4. The highest BCUT2D eigenvalue weighted by atomic mass is 19.4. The lowest BCUT2D eigenvalue weighted by Gasteiger charge is -2.08. The Balaban J connectivity index is 0.00000196. The summed E-state index contributed by atoms with van der Waals surface area (Å²) in [5.74, 6) is -1.75. The molecule has 0 heterocycles. The van der Waals surface area contributed by atoms with E-state index in [1.807, 2.05) is 0 Å². The van der Waals surface area contributed by atoms with Crippen molar-refractivity contribution in [2.45, 2.75) is 6.36 Å². The van der Waals surface area contributed by atoms with Gasteiger partial charge in [0, 0.05) is 6.07 Å². The number of hydrogen-bond donors (Lipinski definition) is 0.